The third-order valence-corrected chi connectivity index (χ3v) is 6.49. The summed E-state index contributed by atoms with van der Waals surface area (Å²) < 4.78 is 30.2. The summed E-state index contributed by atoms with van der Waals surface area (Å²) in [5, 5.41) is 8.51. The van der Waals surface area contributed by atoms with Gasteiger partial charge in [-0.05, 0) is 48.9 Å². The van der Waals surface area contributed by atoms with E-state index in [9.17, 15) is 8.42 Å². The van der Waals surface area contributed by atoms with Gasteiger partial charge in [0.1, 0.15) is 10.6 Å². The summed E-state index contributed by atoms with van der Waals surface area (Å²) >= 11 is 0. The molecule has 0 heterocycles. The fourth-order valence-electron chi connectivity index (χ4n) is 3.33. The quantitative estimate of drug-likeness (QED) is 0.0957. The molecule has 5 aromatic rings. The molecule has 0 fully saturated rings. The van der Waals surface area contributed by atoms with Crippen LogP contribution in [0.25, 0.3) is 11.1 Å². The topological polar surface area (TPSA) is 68.1 Å². The average molecular weight is 536 g/mol. The monoisotopic (exact) mass is 536 g/mol. The summed E-state index contributed by atoms with van der Waals surface area (Å²) in [4.78, 5) is 0.151. The van der Waals surface area contributed by atoms with Crippen molar-refractivity contribution in [2.75, 3.05) is 0 Å². The zero-order chi connectivity index (χ0) is 24.5. The van der Waals surface area contributed by atoms with Crippen LogP contribution in [0, 0.1) is 6.92 Å². The first-order valence-electron chi connectivity index (χ1n) is 11.0. The fraction of sp³-hybridized carbons (Fsp3) is 0.0345. The number of aryl methyl sites for hydroxylation is 1. The first-order valence-corrected chi connectivity index (χ1v) is 12.4. The van der Waals surface area contributed by atoms with Crippen LogP contribution in [-0.2, 0) is 27.2 Å². The van der Waals surface area contributed by atoms with Crippen molar-refractivity contribution in [3.05, 3.63) is 133 Å². The zero-order valence-electron chi connectivity index (χ0n) is 19.5. The van der Waals surface area contributed by atoms with Crippen LogP contribution in [0.4, 0.5) is 11.4 Å². The van der Waals surface area contributed by atoms with Gasteiger partial charge in [0.25, 0.3) is 0 Å². The Labute approximate surface area is 222 Å². The molecule has 0 spiro atoms. The van der Waals surface area contributed by atoms with E-state index in [1.807, 2.05) is 78.9 Å². The van der Waals surface area contributed by atoms with E-state index >= 15 is 0 Å². The number of hydrogen-bond donors (Lipinski definition) is 0. The zero-order valence-corrected chi connectivity index (χ0v) is 21.4. The summed E-state index contributed by atoms with van der Waals surface area (Å²) in [6.07, 6.45) is 0. The van der Waals surface area contributed by atoms with Gasteiger partial charge in [-0.2, -0.15) is 60.6 Å². The van der Waals surface area contributed by atoms with Crippen LogP contribution in [0.1, 0.15) is 5.56 Å². The van der Waals surface area contributed by atoms with Crippen molar-refractivity contribution >= 4 is 21.5 Å². The SMILES string of the molecule is Cc1ccccc1S(=O)(=O)Oc1ccc(N=Nc2cccc(-c3ccc[cH-]3)c2)cc1.[Fe+2].c1cc[cH-]c1. The second kappa shape index (κ2) is 12.8. The van der Waals surface area contributed by atoms with E-state index in [1.165, 1.54) is 6.07 Å². The Bertz CT molecular complexity index is 1460. The van der Waals surface area contributed by atoms with Gasteiger partial charge in [0.2, 0.25) is 0 Å². The normalized spacial score (nSPS) is 10.8. The van der Waals surface area contributed by atoms with Gasteiger partial charge in [0, 0.05) is 0 Å². The minimum absolute atomic E-state index is 0. The Morgan fingerprint density at radius 2 is 1.44 bits per heavy atom. The van der Waals surface area contributed by atoms with Crippen molar-refractivity contribution < 1.29 is 29.7 Å². The van der Waals surface area contributed by atoms with Crippen molar-refractivity contribution in [2.24, 2.45) is 10.2 Å². The van der Waals surface area contributed by atoms with Crippen LogP contribution in [0.3, 0.4) is 0 Å². The number of benzene rings is 3. The van der Waals surface area contributed by atoms with Gasteiger partial charge >= 0.3 is 27.2 Å². The van der Waals surface area contributed by atoms with Crippen LogP contribution < -0.4 is 4.18 Å². The van der Waals surface area contributed by atoms with Crippen LogP contribution in [0.5, 0.6) is 5.75 Å². The van der Waals surface area contributed by atoms with Crippen LogP contribution >= 0.6 is 0 Å². The number of azo groups is 1. The van der Waals surface area contributed by atoms with E-state index in [2.05, 4.69) is 10.2 Å². The molecule has 5 rings (SSSR count). The molecule has 0 amide bonds. The number of rotatable bonds is 6. The van der Waals surface area contributed by atoms with Crippen molar-refractivity contribution in [1.82, 2.24) is 0 Å². The first-order chi connectivity index (χ1) is 17.0. The molecule has 5 aromatic carbocycles. The molecule has 0 saturated carbocycles. The molecule has 0 aliphatic carbocycles. The summed E-state index contributed by atoms with van der Waals surface area (Å²) in [7, 11) is -3.89. The Balaban J connectivity index is 0.000000538. The standard InChI is InChI=1S/C24H19N2O3S.C5H5.Fe/c1-18-7-2-5-12-24(18)30(27,28)29-23-15-13-21(14-16-23)25-26-22-11-6-10-20(17-22)19-8-3-4-9-19;1-2-4-5-3-1;/h2-17H,1H3;1-5H;/q2*-1;+2. The Kier molecular flexibility index (Phi) is 9.53. The van der Waals surface area contributed by atoms with Gasteiger partial charge in [0.15, 0.2) is 0 Å². The average Bonchev–Trinajstić information content (AvgIpc) is 3.61. The molecule has 0 aliphatic heterocycles. The molecule has 0 radical (unpaired) electrons. The van der Waals surface area contributed by atoms with Crippen molar-refractivity contribution in [3.63, 3.8) is 0 Å². The molecule has 0 saturated heterocycles. The Hall–Kier alpha value is -3.77. The maximum absolute atomic E-state index is 12.5. The van der Waals surface area contributed by atoms with Crippen molar-refractivity contribution in [3.8, 4) is 16.9 Å². The maximum atomic E-state index is 12.5. The largest absolute Gasteiger partial charge is 2.00 e. The molecule has 0 N–H and O–H groups in total. The minimum Gasteiger partial charge on any atom is -0.379 e. The van der Waals surface area contributed by atoms with Gasteiger partial charge in [-0.25, -0.2) is 12.1 Å². The molecule has 5 nitrogen and oxygen atoms in total. The summed E-state index contributed by atoms with van der Waals surface area (Å²) in [5.41, 5.74) is 4.16. The van der Waals surface area contributed by atoms with Gasteiger partial charge in [-0.1, -0.05) is 42.0 Å². The molecule has 36 heavy (non-hydrogen) atoms. The van der Waals surface area contributed by atoms with E-state index in [0.717, 1.165) is 16.8 Å². The second-order valence-electron chi connectivity index (χ2n) is 7.68. The van der Waals surface area contributed by atoms with Gasteiger partial charge in [-0.3, -0.25) is 0 Å². The van der Waals surface area contributed by atoms with Gasteiger partial charge < -0.3 is 4.18 Å². The molecular formula is C29H24FeN2O3S. The van der Waals surface area contributed by atoms with Gasteiger partial charge in [0.05, 0.1) is 11.4 Å². The molecule has 182 valence electrons. The second-order valence-corrected chi connectivity index (χ2v) is 9.20. The molecule has 0 atom stereocenters. The predicted molar refractivity (Wildman–Crippen MR) is 139 cm³/mol. The third-order valence-electron chi connectivity index (χ3n) is 5.08. The van der Waals surface area contributed by atoms with Crippen LogP contribution in [0.15, 0.2) is 143 Å². The summed E-state index contributed by atoms with van der Waals surface area (Å²) in [5.74, 6) is 0.218. The van der Waals surface area contributed by atoms with Gasteiger partial charge in [-0.15, -0.1) is 6.07 Å². The maximum Gasteiger partial charge on any atom is 2.00 e. The smallest absolute Gasteiger partial charge is 0.379 e. The molecule has 7 heteroatoms. The molecule has 0 aromatic heterocycles. The van der Waals surface area contributed by atoms with E-state index in [4.69, 9.17) is 4.18 Å². The fourth-order valence-corrected chi connectivity index (χ4v) is 4.49. The first kappa shape index (κ1) is 26.8. The van der Waals surface area contributed by atoms with Crippen molar-refractivity contribution in [1.29, 1.82) is 0 Å². The summed E-state index contributed by atoms with van der Waals surface area (Å²) in [6, 6.07) is 39.0. The number of nitrogens with zero attached hydrogens (tertiary/aromatic N) is 2. The van der Waals surface area contributed by atoms with E-state index in [-0.39, 0.29) is 27.7 Å². The summed E-state index contributed by atoms with van der Waals surface area (Å²) in [6.45, 7) is 1.73. The van der Waals surface area contributed by atoms with E-state index in [1.54, 1.807) is 49.4 Å². The minimum atomic E-state index is -3.89. The predicted octanol–water partition coefficient (Wildman–Crippen LogP) is 7.97. The van der Waals surface area contributed by atoms with Crippen LogP contribution in [-0.4, -0.2) is 8.42 Å². The Morgan fingerprint density at radius 1 is 0.722 bits per heavy atom. The molecule has 0 aliphatic rings. The Morgan fingerprint density at radius 3 is 2.08 bits per heavy atom. The molecule has 0 unspecified atom stereocenters. The van der Waals surface area contributed by atoms with Crippen molar-refractivity contribution in [2.45, 2.75) is 11.8 Å². The number of hydrogen-bond acceptors (Lipinski definition) is 5. The molecule has 0 bridgehead atoms. The van der Waals surface area contributed by atoms with E-state index in [0.29, 0.717) is 11.3 Å². The third kappa shape index (κ3) is 7.36. The molecular weight excluding hydrogens is 512 g/mol. The van der Waals surface area contributed by atoms with E-state index < -0.39 is 10.1 Å². The van der Waals surface area contributed by atoms with Crippen LogP contribution in [0.2, 0.25) is 0 Å².